The first kappa shape index (κ1) is 18.7. The lowest BCUT2D eigenvalue weighted by molar-refractivity contribution is 0.0998. The number of nitrogens with zero attached hydrogens (tertiary/aromatic N) is 1. The third-order valence-corrected chi connectivity index (χ3v) is 5.72. The molecule has 0 saturated carbocycles. The second kappa shape index (κ2) is 7.25. The van der Waals surface area contributed by atoms with Gasteiger partial charge in [-0.3, -0.25) is 4.79 Å². The maximum Gasteiger partial charge on any atom is 0.291 e. The summed E-state index contributed by atoms with van der Waals surface area (Å²) < 4.78 is 11.6. The van der Waals surface area contributed by atoms with Crippen LogP contribution in [0.1, 0.15) is 10.6 Å². The Labute approximate surface area is 187 Å². The highest BCUT2D eigenvalue weighted by atomic mass is 35.5. The number of aromatic nitrogens is 1. The van der Waals surface area contributed by atoms with E-state index >= 15 is 0 Å². The lowest BCUT2D eigenvalue weighted by Crippen LogP contribution is -2.10. The average Bonchev–Trinajstić information content (AvgIpc) is 3.43. The summed E-state index contributed by atoms with van der Waals surface area (Å²) in [6, 6.07) is 26.2. The number of furan rings is 1. The zero-order valence-electron chi connectivity index (χ0n) is 16.6. The van der Waals surface area contributed by atoms with Crippen LogP contribution in [-0.2, 0) is 0 Å². The van der Waals surface area contributed by atoms with Gasteiger partial charge in [0, 0.05) is 27.0 Å². The van der Waals surface area contributed by atoms with Crippen molar-refractivity contribution in [3.63, 3.8) is 0 Å². The number of fused-ring (bicyclic) bond motifs is 3. The average molecular weight is 439 g/mol. The van der Waals surface area contributed by atoms with Crippen LogP contribution in [0.2, 0.25) is 5.02 Å². The number of hydrogen-bond acceptors (Lipinski definition) is 4. The molecule has 0 saturated heterocycles. The molecule has 1 amide bonds. The molecule has 4 aromatic carbocycles. The number of para-hydroxylation sites is 1. The highest BCUT2D eigenvalue weighted by Crippen LogP contribution is 2.34. The number of carbonyl (C=O) groups excluding carboxylic acids is 1. The Hall–Kier alpha value is -4.09. The summed E-state index contributed by atoms with van der Waals surface area (Å²) >= 11 is 6.34. The largest absolute Gasteiger partial charge is 0.451 e. The predicted octanol–water partition coefficient (Wildman–Crippen LogP) is 7.30. The number of rotatable bonds is 3. The topological polar surface area (TPSA) is 68.3 Å². The molecule has 6 rings (SSSR count). The van der Waals surface area contributed by atoms with Crippen LogP contribution in [0.3, 0.4) is 0 Å². The number of benzene rings is 4. The number of hydrogen-bond donors (Lipinski definition) is 1. The second-order valence-electron chi connectivity index (χ2n) is 7.44. The Bertz CT molecular complexity index is 1610. The molecule has 0 atom stereocenters. The van der Waals surface area contributed by atoms with Crippen LogP contribution in [-0.4, -0.2) is 10.9 Å². The summed E-state index contributed by atoms with van der Waals surface area (Å²) in [4.78, 5) is 17.3. The Balaban J connectivity index is 1.34. The fraction of sp³-hybridized carbons (Fsp3) is 0. The number of halogens is 1. The van der Waals surface area contributed by atoms with Crippen molar-refractivity contribution in [1.82, 2.24) is 4.98 Å². The van der Waals surface area contributed by atoms with E-state index in [0.717, 1.165) is 21.7 Å². The van der Waals surface area contributed by atoms with E-state index in [-0.39, 0.29) is 11.7 Å². The van der Waals surface area contributed by atoms with E-state index in [2.05, 4.69) is 10.3 Å². The van der Waals surface area contributed by atoms with Crippen molar-refractivity contribution in [3.05, 3.63) is 95.7 Å². The summed E-state index contributed by atoms with van der Waals surface area (Å²) in [5.74, 6) is 0.418. The van der Waals surface area contributed by atoms with Gasteiger partial charge in [-0.05, 0) is 47.9 Å². The summed E-state index contributed by atoms with van der Waals surface area (Å²) in [5.41, 5.74) is 3.39. The smallest absolute Gasteiger partial charge is 0.291 e. The van der Waals surface area contributed by atoms with Crippen LogP contribution in [0.25, 0.3) is 44.3 Å². The molecular formula is C26H15ClN2O3. The van der Waals surface area contributed by atoms with Gasteiger partial charge in [0.25, 0.3) is 5.91 Å². The number of anilines is 1. The first-order valence-corrected chi connectivity index (χ1v) is 10.4. The summed E-state index contributed by atoms with van der Waals surface area (Å²) in [7, 11) is 0. The normalized spacial score (nSPS) is 11.4. The highest BCUT2D eigenvalue weighted by Gasteiger charge is 2.15. The number of amides is 1. The van der Waals surface area contributed by atoms with Crippen LogP contribution < -0.4 is 5.32 Å². The third-order valence-electron chi connectivity index (χ3n) is 5.39. The van der Waals surface area contributed by atoms with Crippen molar-refractivity contribution in [3.8, 4) is 11.5 Å². The zero-order chi connectivity index (χ0) is 21.7. The van der Waals surface area contributed by atoms with Gasteiger partial charge in [0.05, 0.1) is 0 Å². The molecule has 0 bridgehead atoms. The molecule has 2 heterocycles. The Morgan fingerprint density at radius 1 is 0.812 bits per heavy atom. The van der Waals surface area contributed by atoms with Gasteiger partial charge in [-0.2, -0.15) is 0 Å². The van der Waals surface area contributed by atoms with Gasteiger partial charge in [0.1, 0.15) is 11.1 Å². The van der Waals surface area contributed by atoms with E-state index in [1.807, 2.05) is 60.7 Å². The van der Waals surface area contributed by atoms with Gasteiger partial charge in [-0.25, -0.2) is 4.98 Å². The van der Waals surface area contributed by atoms with Gasteiger partial charge in [-0.15, -0.1) is 0 Å². The Kier molecular flexibility index (Phi) is 4.23. The van der Waals surface area contributed by atoms with E-state index < -0.39 is 0 Å². The van der Waals surface area contributed by atoms with Gasteiger partial charge >= 0.3 is 0 Å². The Morgan fingerprint density at radius 3 is 2.56 bits per heavy atom. The maximum atomic E-state index is 12.7. The summed E-state index contributed by atoms with van der Waals surface area (Å²) in [5, 5.41) is 6.32. The number of oxazole rings is 1. The molecule has 154 valence electrons. The van der Waals surface area contributed by atoms with Gasteiger partial charge in [-0.1, -0.05) is 54.1 Å². The summed E-state index contributed by atoms with van der Waals surface area (Å²) in [6.45, 7) is 0. The minimum Gasteiger partial charge on any atom is -0.451 e. The molecule has 0 aliphatic heterocycles. The summed E-state index contributed by atoms with van der Waals surface area (Å²) in [6.07, 6.45) is 0. The van der Waals surface area contributed by atoms with E-state index in [1.54, 1.807) is 24.3 Å². The van der Waals surface area contributed by atoms with Gasteiger partial charge < -0.3 is 14.2 Å². The molecule has 0 fully saturated rings. The molecule has 32 heavy (non-hydrogen) atoms. The van der Waals surface area contributed by atoms with Crippen LogP contribution in [0, 0.1) is 0 Å². The van der Waals surface area contributed by atoms with Gasteiger partial charge in [0.15, 0.2) is 11.3 Å². The highest BCUT2D eigenvalue weighted by molar-refractivity contribution is 6.35. The lowest BCUT2D eigenvalue weighted by atomic mass is 10.0. The van der Waals surface area contributed by atoms with Crippen LogP contribution in [0.15, 0.2) is 93.8 Å². The fourth-order valence-corrected chi connectivity index (χ4v) is 4.10. The first-order valence-electron chi connectivity index (χ1n) is 10.0. The standard InChI is InChI=1S/C26H15ClN2O3/c27-20-9-4-6-17-18(20)7-3-8-19(17)26-29-21-14-16(11-12-23(21)32-26)28-25(30)24-13-15-5-1-2-10-22(15)31-24/h1-14H,(H,28,30). The van der Waals surface area contributed by atoms with Crippen molar-refractivity contribution >= 4 is 56.0 Å². The predicted molar refractivity (Wildman–Crippen MR) is 126 cm³/mol. The maximum absolute atomic E-state index is 12.7. The second-order valence-corrected chi connectivity index (χ2v) is 7.85. The van der Waals surface area contributed by atoms with Crippen molar-refractivity contribution in [2.24, 2.45) is 0 Å². The van der Waals surface area contributed by atoms with Crippen molar-refractivity contribution in [1.29, 1.82) is 0 Å². The molecule has 2 aromatic heterocycles. The van der Waals surface area contributed by atoms with Gasteiger partial charge in [0.2, 0.25) is 5.89 Å². The fourth-order valence-electron chi connectivity index (χ4n) is 3.86. The van der Waals surface area contributed by atoms with Crippen LogP contribution in [0.5, 0.6) is 0 Å². The molecular weight excluding hydrogens is 424 g/mol. The molecule has 1 N–H and O–H groups in total. The molecule has 0 aliphatic rings. The van der Waals surface area contributed by atoms with E-state index in [4.69, 9.17) is 20.4 Å². The van der Waals surface area contributed by atoms with E-state index in [9.17, 15) is 4.79 Å². The lowest BCUT2D eigenvalue weighted by Gasteiger charge is -2.04. The molecule has 5 nitrogen and oxygen atoms in total. The minimum absolute atomic E-state index is 0.250. The molecule has 0 spiro atoms. The molecule has 0 aliphatic carbocycles. The monoisotopic (exact) mass is 438 g/mol. The van der Waals surface area contributed by atoms with E-state index in [0.29, 0.717) is 33.3 Å². The number of nitrogens with one attached hydrogen (secondary N) is 1. The molecule has 6 aromatic rings. The quantitative estimate of drug-likeness (QED) is 0.314. The van der Waals surface area contributed by atoms with Crippen LogP contribution >= 0.6 is 11.6 Å². The molecule has 0 unspecified atom stereocenters. The number of carbonyl (C=O) groups is 1. The zero-order valence-corrected chi connectivity index (χ0v) is 17.4. The molecule has 0 radical (unpaired) electrons. The minimum atomic E-state index is -0.326. The first-order chi connectivity index (χ1) is 15.7. The van der Waals surface area contributed by atoms with Crippen molar-refractivity contribution in [2.75, 3.05) is 5.32 Å². The van der Waals surface area contributed by atoms with Crippen molar-refractivity contribution < 1.29 is 13.6 Å². The SMILES string of the molecule is O=C(Nc1ccc2oc(-c3cccc4c(Cl)cccc34)nc2c1)c1cc2ccccc2o1. The van der Waals surface area contributed by atoms with E-state index in [1.165, 1.54) is 0 Å². The molecule has 6 heteroatoms. The van der Waals surface area contributed by atoms with Crippen LogP contribution in [0.4, 0.5) is 5.69 Å². The van der Waals surface area contributed by atoms with Crippen molar-refractivity contribution in [2.45, 2.75) is 0 Å². The Morgan fingerprint density at radius 2 is 1.66 bits per heavy atom. The third kappa shape index (κ3) is 3.11.